The summed E-state index contributed by atoms with van der Waals surface area (Å²) in [5.41, 5.74) is 0.938. The van der Waals surface area contributed by atoms with Gasteiger partial charge in [-0.25, -0.2) is 4.99 Å². The average molecular weight is 484 g/mol. The van der Waals surface area contributed by atoms with Gasteiger partial charge >= 0.3 is 6.18 Å². The van der Waals surface area contributed by atoms with Crippen LogP contribution in [0.5, 0.6) is 0 Å². The summed E-state index contributed by atoms with van der Waals surface area (Å²) in [7, 11) is 0. The summed E-state index contributed by atoms with van der Waals surface area (Å²) >= 11 is 1.12. The van der Waals surface area contributed by atoms with Crippen LogP contribution >= 0.6 is 11.8 Å². The van der Waals surface area contributed by atoms with E-state index >= 15 is 0 Å². The summed E-state index contributed by atoms with van der Waals surface area (Å²) in [6.45, 7) is 0.235. The van der Waals surface area contributed by atoms with Crippen molar-refractivity contribution in [2.75, 3.05) is 5.32 Å². The van der Waals surface area contributed by atoms with E-state index in [4.69, 9.17) is 0 Å². The van der Waals surface area contributed by atoms with Crippen LogP contribution in [0.15, 0.2) is 89.9 Å². The Kier molecular flexibility index (Phi) is 7.02. The molecule has 0 saturated carbocycles. The Labute approximate surface area is 198 Å². The fourth-order valence-corrected chi connectivity index (χ4v) is 4.44. The summed E-state index contributed by atoms with van der Waals surface area (Å²) in [4.78, 5) is 31.8. The molecule has 2 amide bonds. The Bertz CT molecular complexity index is 1180. The van der Waals surface area contributed by atoms with Gasteiger partial charge in [-0.05, 0) is 42.0 Å². The first-order valence-electron chi connectivity index (χ1n) is 10.4. The third-order valence-corrected chi connectivity index (χ3v) is 6.26. The fraction of sp³-hybridized carbons (Fsp3) is 0.160. The quantitative estimate of drug-likeness (QED) is 0.494. The number of halogens is 3. The number of nitrogens with one attached hydrogen (secondary N) is 1. The molecule has 0 aliphatic carbocycles. The highest BCUT2D eigenvalue weighted by Crippen LogP contribution is 2.33. The topological polar surface area (TPSA) is 61.8 Å². The van der Waals surface area contributed by atoms with Gasteiger partial charge in [0.25, 0.3) is 0 Å². The molecule has 1 aliphatic heterocycles. The monoisotopic (exact) mass is 483 g/mol. The Hall–Kier alpha value is -3.59. The van der Waals surface area contributed by atoms with Gasteiger partial charge in [0.1, 0.15) is 5.25 Å². The Morgan fingerprint density at radius 2 is 1.59 bits per heavy atom. The molecule has 3 aromatic carbocycles. The number of nitrogens with zero attached hydrogens (tertiary/aromatic N) is 2. The molecule has 3 aromatic rings. The molecule has 5 nitrogen and oxygen atoms in total. The first-order chi connectivity index (χ1) is 16.3. The second kappa shape index (κ2) is 10.1. The lowest BCUT2D eigenvalue weighted by Crippen LogP contribution is -2.44. The van der Waals surface area contributed by atoms with E-state index in [1.165, 1.54) is 17.0 Å². The van der Waals surface area contributed by atoms with E-state index in [2.05, 4.69) is 10.3 Å². The molecule has 0 bridgehead atoms. The standard InChI is InChI=1S/C25H20F3N3O2S/c26-25(27,28)18-11-13-20(14-12-18)30-24-31(16-17-7-3-1-4-8-17)22(32)15-21(34-24)23(33)29-19-9-5-2-6-10-19/h1-14,21H,15-16H2,(H,29,33)/t21-/m0/s1. The van der Waals surface area contributed by atoms with Gasteiger partial charge in [0.05, 0.1) is 17.8 Å². The van der Waals surface area contributed by atoms with Crippen molar-refractivity contribution in [1.29, 1.82) is 0 Å². The number of aliphatic imine (C=N–C) groups is 1. The van der Waals surface area contributed by atoms with Gasteiger partial charge in [0.15, 0.2) is 5.17 Å². The van der Waals surface area contributed by atoms with Gasteiger partial charge in [-0.3, -0.25) is 14.5 Å². The highest BCUT2D eigenvalue weighted by molar-refractivity contribution is 8.15. The molecular weight excluding hydrogens is 463 g/mol. The zero-order valence-electron chi connectivity index (χ0n) is 17.8. The van der Waals surface area contributed by atoms with Crippen molar-refractivity contribution in [3.63, 3.8) is 0 Å². The molecular formula is C25H20F3N3O2S. The number of thioether (sulfide) groups is 1. The lowest BCUT2D eigenvalue weighted by molar-refractivity contribution is -0.137. The first-order valence-corrected chi connectivity index (χ1v) is 11.3. The minimum atomic E-state index is -4.46. The zero-order chi connectivity index (χ0) is 24.1. The summed E-state index contributed by atoms with van der Waals surface area (Å²) in [5, 5.41) is 2.32. The van der Waals surface area contributed by atoms with Crippen LogP contribution in [0.2, 0.25) is 0 Å². The van der Waals surface area contributed by atoms with E-state index in [0.29, 0.717) is 5.69 Å². The number of amides is 2. The number of carbonyl (C=O) groups is 2. The second-order valence-electron chi connectivity index (χ2n) is 7.57. The Morgan fingerprint density at radius 1 is 0.971 bits per heavy atom. The van der Waals surface area contributed by atoms with E-state index in [1.807, 2.05) is 36.4 Å². The number of alkyl halides is 3. The van der Waals surface area contributed by atoms with Crippen LogP contribution in [0.3, 0.4) is 0 Å². The third-order valence-electron chi connectivity index (χ3n) is 5.08. The van der Waals surface area contributed by atoms with Gasteiger partial charge in [0.2, 0.25) is 11.8 Å². The van der Waals surface area contributed by atoms with Crippen molar-refractivity contribution >= 4 is 40.1 Å². The molecule has 0 radical (unpaired) electrons. The molecule has 174 valence electrons. The van der Waals surface area contributed by atoms with Crippen LogP contribution in [0.1, 0.15) is 17.5 Å². The van der Waals surface area contributed by atoms with E-state index in [-0.39, 0.29) is 35.6 Å². The smallest absolute Gasteiger partial charge is 0.325 e. The van der Waals surface area contributed by atoms with E-state index in [1.54, 1.807) is 24.3 Å². The number of carbonyl (C=O) groups excluding carboxylic acids is 2. The minimum Gasteiger partial charge on any atom is -0.325 e. The number of anilines is 1. The van der Waals surface area contributed by atoms with Gasteiger partial charge in [-0.1, -0.05) is 60.3 Å². The van der Waals surface area contributed by atoms with Crippen molar-refractivity contribution in [3.8, 4) is 0 Å². The summed E-state index contributed by atoms with van der Waals surface area (Å²) in [5.74, 6) is -0.634. The lowest BCUT2D eigenvalue weighted by Gasteiger charge is -2.32. The number of hydrogen-bond donors (Lipinski definition) is 1. The predicted octanol–water partition coefficient (Wildman–Crippen LogP) is 5.87. The van der Waals surface area contributed by atoms with Crippen molar-refractivity contribution in [2.24, 2.45) is 4.99 Å². The zero-order valence-corrected chi connectivity index (χ0v) is 18.6. The highest BCUT2D eigenvalue weighted by Gasteiger charge is 2.36. The van der Waals surface area contributed by atoms with Gasteiger partial charge in [0, 0.05) is 12.1 Å². The Morgan fingerprint density at radius 3 is 2.21 bits per heavy atom. The molecule has 1 N–H and O–H groups in total. The molecule has 1 heterocycles. The van der Waals surface area contributed by atoms with Crippen molar-refractivity contribution < 1.29 is 22.8 Å². The van der Waals surface area contributed by atoms with Crippen LogP contribution in [-0.2, 0) is 22.3 Å². The first kappa shape index (κ1) is 23.6. The lowest BCUT2D eigenvalue weighted by atomic mass is 10.2. The van der Waals surface area contributed by atoms with Crippen molar-refractivity contribution in [1.82, 2.24) is 4.90 Å². The summed E-state index contributed by atoms with van der Waals surface area (Å²) in [6.07, 6.45) is -4.48. The van der Waals surface area contributed by atoms with Crippen molar-refractivity contribution in [3.05, 3.63) is 96.1 Å². The summed E-state index contributed by atoms with van der Waals surface area (Å²) in [6, 6.07) is 22.5. The maximum atomic E-state index is 13.1. The highest BCUT2D eigenvalue weighted by atomic mass is 32.2. The molecule has 0 aromatic heterocycles. The van der Waals surface area contributed by atoms with Crippen LogP contribution in [-0.4, -0.2) is 27.1 Å². The summed E-state index contributed by atoms with van der Waals surface area (Å²) < 4.78 is 38.7. The van der Waals surface area contributed by atoms with Crippen LogP contribution in [0, 0.1) is 0 Å². The fourth-order valence-electron chi connectivity index (χ4n) is 3.34. The van der Waals surface area contributed by atoms with Gasteiger partial charge < -0.3 is 5.32 Å². The maximum absolute atomic E-state index is 13.1. The second-order valence-corrected chi connectivity index (χ2v) is 8.74. The van der Waals surface area contributed by atoms with Crippen LogP contribution in [0.25, 0.3) is 0 Å². The number of benzene rings is 3. The van der Waals surface area contributed by atoms with Gasteiger partial charge in [-0.15, -0.1) is 0 Å². The number of para-hydroxylation sites is 1. The molecule has 1 aliphatic rings. The third kappa shape index (κ3) is 5.85. The molecule has 34 heavy (non-hydrogen) atoms. The minimum absolute atomic E-state index is 0.0256. The number of rotatable bonds is 5. The molecule has 1 saturated heterocycles. The average Bonchev–Trinajstić information content (AvgIpc) is 2.82. The number of hydrogen-bond acceptors (Lipinski definition) is 4. The van der Waals surface area contributed by atoms with E-state index < -0.39 is 17.0 Å². The van der Waals surface area contributed by atoms with E-state index in [9.17, 15) is 22.8 Å². The van der Waals surface area contributed by atoms with Gasteiger partial charge in [-0.2, -0.15) is 13.2 Å². The predicted molar refractivity (Wildman–Crippen MR) is 127 cm³/mol. The Balaban J connectivity index is 1.61. The molecule has 1 atom stereocenters. The number of amidine groups is 1. The maximum Gasteiger partial charge on any atom is 0.416 e. The molecule has 4 rings (SSSR count). The van der Waals surface area contributed by atoms with Crippen LogP contribution < -0.4 is 5.32 Å². The molecule has 0 unspecified atom stereocenters. The molecule has 9 heteroatoms. The molecule has 1 fully saturated rings. The van der Waals surface area contributed by atoms with Crippen LogP contribution in [0.4, 0.5) is 24.5 Å². The largest absolute Gasteiger partial charge is 0.416 e. The SMILES string of the molecule is O=C(Nc1ccccc1)[C@@H]1CC(=O)N(Cc2ccccc2)C(=Nc2ccc(C(F)(F)F)cc2)S1. The van der Waals surface area contributed by atoms with E-state index in [0.717, 1.165) is 29.5 Å². The van der Waals surface area contributed by atoms with Crippen molar-refractivity contribution in [2.45, 2.75) is 24.4 Å². The molecule has 0 spiro atoms. The normalized spacial score (nSPS) is 17.6.